The highest BCUT2D eigenvalue weighted by Gasteiger charge is 2.29. The zero-order chi connectivity index (χ0) is 17.5. The molecule has 0 heterocycles. The summed E-state index contributed by atoms with van der Waals surface area (Å²) in [6.07, 6.45) is 2.89. The van der Waals surface area contributed by atoms with E-state index in [4.69, 9.17) is 11.6 Å². The third-order valence-corrected chi connectivity index (χ3v) is 6.05. The number of carbonyl (C=O) groups is 1. The molecule has 1 amide bonds. The molecule has 6 heteroatoms. The summed E-state index contributed by atoms with van der Waals surface area (Å²) in [6.45, 7) is 0. The summed E-state index contributed by atoms with van der Waals surface area (Å²) in [6, 6.07) is 12.5. The minimum absolute atomic E-state index is 0.00561. The second-order valence-corrected chi connectivity index (χ2v) is 8.48. The fourth-order valence-electron chi connectivity index (χ4n) is 3.20. The van der Waals surface area contributed by atoms with Gasteiger partial charge in [0.1, 0.15) is 0 Å². The molecule has 0 aliphatic heterocycles. The molecule has 24 heavy (non-hydrogen) atoms. The Morgan fingerprint density at radius 3 is 2.62 bits per heavy atom. The van der Waals surface area contributed by atoms with Gasteiger partial charge < -0.3 is 4.90 Å². The zero-order valence-corrected chi connectivity index (χ0v) is 15.1. The molecule has 2 aromatic rings. The normalized spacial score (nSPS) is 16.7. The molecule has 1 atom stereocenters. The van der Waals surface area contributed by atoms with Crippen LogP contribution >= 0.6 is 11.6 Å². The number of sulfone groups is 1. The van der Waals surface area contributed by atoms with Crippen LogP contribution in [0, 0.1) is 0 Å². The standard InChI is InChI=1S/C18H18ClNO3S/c1-20(16-10-8-12-5-3-4-6-14(12)16)18(21)13-7-9-15(19)17(11-13)24(2,22)23/h3-7,9,11,16H,8,10H2,1-2H3. The highest BCUT2D eigenvalue weighted by Crippen LogP contribution is 2.35. The second kappa shape index (κ2) is 6.22. The van der Waals surface area contributed by atoms with Gasteiger partial charge in [-0.05, 0) is 42.2 Å². The SMILES string of the molecule is CN(C(=O)c1ccc(Cl)c(S(C)(=O)=O)c1)C1CCc2ccccc21. The quantitative estimate of drug-likeness (QED) is 0.838. The molecule has 1 aliphatic carbocycles. The number of amides is 1. The minimum Gasteiger partial charge on any atom is -0.335 e. The van der Waals surface area contributed by atoms with E-state index in [0.717, 1.165) is 24.7 Å². The lowest BCUT2D eigenvalue weighted by atomic mass is 10.1. The molecular formula is C18H18ClNO3S. The molecule has 0 aromatic heterocycles. The van der Waals surface area contributed by atoms with Gasteiger partial charge in [0.25, 0.3) is 5.91 Å². The number of hydrogen-bond acceptors (Lipinski definition) is 3. The Balaban J connectivity index is 1.93. The van der Waals surface area contributed by atoms with E-state index in [1.807, 2.05) is 18.2 Å². The molecule has 0 N–H and O–H groups in total. The number of fused-ring (bicyclic) bond motifs is 1. The number of carbonyl (C=O) groups excluding carboxylic acids is 1. The summed E-state index contributed by atoms with van der Waals surface area (Å²) in [5.41, 5.74) is 2.74. The van der Waals surface area contributed by atoms with Gasteiger partial charge in [-0.3, -0.25) is 4.79 Å². The molecule has 0 bridgehead atoms. The van der Waals surface area contributed by atoms with Crippen molar-refractivity contribution in [3.05, 3.63) is 64.2 Å². The number of nitrogens with zero attached hydrogens (tertiary/aromatic N) is 1. The van der Waals surface area contributed by atoms with E-state index in [0.29, 0.717) is 5.56 Å². The average molecular weight is 364 g/mol. The summed E-state index contributed by atoms with van der Waals surface area (Å²) in [5.74, 6) is -0.210. The largest absolute Gasteiger partial charge is 0.335 e. The predicted molar refractivity (Wildman–Crippen MR) is 94.2 cm³/mol. The van der Waals surface area contributed by atoms with Crippen LogP contribution in [0.2, 0.25) is 5.02 Å². The molecule has 1 unspecified atom stereocenters. The highest BCUT2D eigenvalue weighted by molar-refractivity contribution is 7.90. The van der Waals surface area contributed by atoms with Crippen molar-refractivity contribution >= 4 is 27.3 Å². The van der Waals surface area contributed by atoms with Crippen molar-refractivity contribution in [2.24, 2.45) is 0 Å². The Morgan fingerprint density at radius 1 is 1.21 bits per heavy atom. The first-order valence-electron chi connectivity index (χ1n) is 7.63. The first-order valence-corrected chi connectivity index (χ1v) is 9.90. The van der Waals surface area contributed by atoms with Gasteiger partial charge in [-0.1, -0.05) is 35.9 Å². The van der Waals surface area contributed by atoms with Gasteiger partial charge >= 0.3 is 0 Å². The van der Waals surface area contributed by atoms with Crippen LogP contribution in [0.1, 0.15) is 33.9 Å². The fraction of sp³-hybridized carbons (Fsp3) is 0.278. The molecule has 0 fully saturated rings. The van der Waals surface area contributed by atoms with Gasteiger partial charge in [0.15, 0.2) is 9.84 Å². The van der Waals surface area contributed by atoms with Crippen LogP contribution in [-0.2, 0) is 16.3 Å². The van der Waals surface area contributed by atoms with E-state index in [1.54, 1.807) is 18.0 Å². The summed E-state index contributed by atoms with van der Waals surface area (Å²) in [4.78, 5) is 14.5. The first-order chi connectivity index (χ1) is 11.3. The van der Waals surface area contributed by atoms with Crippen molar-refractivity contribution in [3.8, 4) is 0 Å². The predicted octanol–water partition coefficient (Wildman–Crippen LogP) is 3.50. The molecule has 0 radical (unpaired) electrons. The van der Waals surface area contributed by atoms with E-state index in [-0.39, 0.29) is 21.9 Å². The van der Waals surface area contributed by atoms with Crippen LogP contribution in [0.4, 0.5) is 0 Å². The van der Waals surface area contributed by atoms with E-state index in [2.05, 4.69) is 6.07 Å². The molecule has 2 aromatic carbocycles. The van der Waals surface area contributed by atoms with Crippen LogP contribution in [0.5, 0.6) is 0 Å². The van der Waals surface area contributed by atoms with Crippen molar-refractivity contribution in [2.75, 3.05) is 13.3 Å². The molecule has 3 rings (SSSR count). The Labute approximate surface area is 147 Å². The Hall–Kier alpha value is -1.85. The van der Waals surface area contributed by atoms with Gasteiger partial charge in [-0.25, -0.2) is 8.42 Å². The zero-order valence-electron chi connectivity index (χ0n) is 13.5. The number of halogens is 1. The molecular weight excluding hydrogens is 346 g/mol. The maximum absolute atomic E-state index is 12.8. The second-order valence-electron chi connectivity index (χ2n) is 6.09. The maximum Gasteiger partial charge on any atom is 0.254 e. The third-order valence-electron chi connectivity index (χ3n) is 4.47. The molecule has 0 saturated heterocycles. The van der Waals surface area contributed by atoms with E-state index in [9.17, 15) is 13.2 Å². The molecule has 4 nitrogen and oxygen atoms in total. The lowest BCUT2D eigenvalue weighted by molar-refractivity contribution is 0.0730. The minimum atomic E-state index is -3.49. The van der Waals surface area contributed by atoms with Crippen molar-refractivity contribution in [1.82, 2.24) is 4.90 Å². The van der Waals surface area contributed by atoms with Gasteiger partial charge in [0.05, 0.1) is 16.0 Å². The van der Waals surface area contributed by atoms with Gasteiger partial charge in [-0.15, -0.1) is 0 Å². The van der Waals surface area contributed by atoms with E-state index < -0.39 is 9.84 Å². The van der Waals surface area contributed by atoms with Crippen LogP contribution in [0.15, 0.2) is 47.4 Å². The van der Waals surface area contributed by atoms with Crippen LogP contribution in [0.3, 0.4) is 0 Å². The number of benzene rings is 2. The van der Waals surface area contributed by atoms with Crippen molar-refractivity contribution < 1.29 is 13.2 Å². The van der Waals surface area contributed by atoms with Gasteiger partial charge in [0, 0.05) is 18.9 Å². The third kappa shape index (κ3) is 3.06. The molecule has 0 saturated carbocycles. The summed E-state index contributed by atoms with van der Waals surface area (Å²) in [7, 11) is -1.73. The summed E-state index contributed by atoms with van der Waals surface area (Å²) in [5, 5.41) is 0.128. The van der Waals surface area contributed by atoms with E-state index >= 15 is 0 Å². The van der Waals surface area contributed by atoms with Crippen LogP contribution in [-0.4, -0.2) is 32.5 Å². The van der Waals surface area contributed by atoms with Gasteiger partial charge in [-0.2, -0.15) is 0 Å². The highest BCUT2D eigenvalue weighted by atomic mass is 35.5. The Kier molecular flexibility index (Phi) is 4.40. The summed E-state index contributed by atoms with van der Waals surface area (Å²) >= 11 is 5.96. The Bertz CT molecular complexity index is 908. The van der Waals surface area contributed by atoms with Crippen LogP contribution in [0.25, 0.3) is 0 Å². The molecule has 1 aliphatic rings. The smallest absolute Gasteiger partial charge is 0.254 e. The molecule has 0 spiro atoms. The number of hydrogen-bond donors (Lipinski definition) is 0. The fourth-order valence-corrected chi connectivity index (χ4v) is 4.50. The number of aryl methyl sites for hydroxylation is 1. The average Bonchev–Trinajstić information content (AvgIpc) is 2.97. The maximum atomic E-state index is 12.8. The summed E-state index contributed by atoms with van der Waals surface area (Å²) < 4.78 is 23.6. The monoisotopic (exact) mass is 363 g/mol. The molecule has 126 valence electrons. The van der Waals surface area contributed by atoms with Crippen molar-refractivity contribution in [2.45, 2.75) is 23.8 Å². The van der Waals surface area contributed by atoms with Crippen LogP contribution < -0.4 is 0 Å². The lowest BCUT2D eigenvalue weighted by Crippen LogP contribution is -2.30. The lowest BCUT2D eigenvalue weighted by Gasteiger charge is -2.26. The van der Waals surface area contributed by atoms with Crippen molar-refractivity contribution in [1.29, 1.82) is 0 Å². The van der Waals surface area contributed by atoms with Gasteiger partial charge in [0.2, 0.25) is 0 Å². The number of rotatable bonds is 3. The topological polar surface area (TPSA) is 54.5 Å². The first kappa shape index (κ1) is 17.0. The Morgan fingerprint density at radius 2 is 1.92 bits per heavy atom. The van der Waals surface area contributed by atoms with E-state index in [1.165, 1.54) is 17.7 Å². The van der Waals surface area contributed by atoms with Crippen molar-refractivity contribution in [3.63, 3.8) is 0 Å².